The van der Waals surface area contributed by atoms with Crippen LogP contribution in [0.25, 0.3) is 0 Å². The molecule has 4 nitrogen and oxygen atoms in total. The van der Waals surface area contributed by atoms with E-state index in [9.17, 15) is 0 Å². The maximum atomic E-state index is 8.56. The van der Waals surface area contributed by atoms with Crippen molar-refractivity contribution < 1.29 is 27.9 Å². The second kappa shape index (κ2) is 0.841. The Kier molecular flexibility index (Phi) is 0.794. The average Bonchev–Trinajstić information content (AvgIpc) is 0.722. The second-order valence-corrected chi connectivity index (χ2v) is 1.46. The topological polar surface area (TPSA) is 68.3 Å². The standard InChI is InChI=1S/Fe.4O. The van der Waals surface area contributed by atoms with Crippen molar-refractivity contribution in [3.63, 3.8) is 0 Å². The van der Waals surface area contributed by atoms with E-state index in [1.807, 2.05) is 0 Å². The van der Waals surface area contributed by atoms with Gasteiger partial charge >= 0.3 is 27.9 Å². The van der Waals surface area contributed by atoms with Gasteiger partial charge in [-0.15, -0.1) is 0 Å². The average molecular weight is 120 g/mol. The zero-order chi connectivity index (χ0) is 4.50. The van der Waals surface area contributed by atoms with Crippen LogP contribution in [0.2, 0.25) is 0 Å². The van der Waals surface area contributed by atoms with E-state index >= 15 is 0 Å². The fourth-order valence-corrected chi connectivity index (χ4v) is 0. The monoisotopic (exact) mass is 120 g/mol. The Labute approximate surface area is 28.8 Å². The van der Waals surface area contributed by atoms with E-state index < -0.39 is 12.6 Å². The molecule has 0 aliphatic heterocycles. The summed E-state index contributed by atoms with van der Waals surface area (Å²) in [4.78, 5) is 0. The summed E-state index contributed by atoms with van der Waals surface area (Å²) in [6, 6.07) is 0. The molecule has 0 aromatic heterocycles. The molecule has 0 N–H and O–H groups in total. The van der Waals surface area contributed by atoms with E-state index in [0.717, 1.165) is 0 Å². The van der Waals surface area contributed by atoms with Gasteiger partial charge in [0.25, 0.3) is 0 Å². The fourth-order valence-electron chi connectivity index (χ4n) is 0. The Bertz CT molecular complexity index is 155. The molecule has 0 saturated heterocycles. The molecular formula is FeO4. The summed E-state index contributed by atoms with van der Waals surface area (Å²) in [5.74, 6) is 0. The first-order valence-electron chi connectivity index (χ1n) is 0.577. The van der Waals surface area contributed by atoms with E-state index in [1.54, 1.807) is 0 Å². The van der Waals surface area contributed by atoms with Gasteiger partial charge < -0.3 is 0 Å². The maximum absolute atomic E-state index is 8.56. The Balaban J connectivity index is 6.05. The van der Waals surface area contributed by atoms with E-state index in [1.165, 1.54) is 0 Å². The summed E-state index contributed by atoms with van der Waals surface area (Å²) < 4.78 is 34.2. The first-order chi connectivity index (χ1) is 2.00. The molecule has 0 heterocycles. The minimum atomic E-state index is -5.50. The van der Waals surface area contributed by atoms with E-state index in [0.29, 0.717) is 0 Å². The number of hydrogen-bond acceptors (Lipinski definition) is 4. The summed E-state index contributed by atoms with van der Waals surface area (Å²) in [6.07, 6.45) is 0. The van der Waals surface area contributed by atoms with Crippen LogP contribution < -0.4 is 0 Å². The molecule has 0 fully saturated rings. The molecule has 0 aliphatic carbocycles. The SMILES string of the molecule is [O]=[Fe](=[O])(=[O])=[O]. The first-order valence-corrected chi connectivity index (χ1v) is 2.38. The van der Waals surface area contributed by atoms with E-state index in [4.69, 9.17) is 15.3 Å². The molecule has 0 unspecified atom stereocenters. The minimum absolute atomic E-state index is 5.50. The molecule has 0 rings (SSSR count). The van der Waals surface area contributed by atoms with Crippen LogP contribution in [0, 0.1) is 0 Å². The molecule has 0 saturated carbocycles. The summed E-state index contributed by atoms with van der Waals surface area (Å²) >= 11 is -5.50. The Hall–Kier alpha value is -0.281. The van der Waals surface area contributed by atoms with Crippen molar-refractivity contribution in [1.29, 1.82) is 0 Å². The molecule has 0 aromatic carbocycles. The third-order valence-electron chi connectivity index (χ3n) is 0. The molecular weight excluding hydrogens is 120 g/mol. The Morgan fingerprint density at radius 2 is 0.800 bits per heavy atom. The fraction of sp³-hybridized carbons (Fsp3) is 0. The molecule has 5 heavy (non-hydrogen) atoms. The molecule has 0 radical (unpaired) electrons. The van der Waals surface area contributed by atoms with Crippen molar-refractivity contribution in [1.82, 2.24) is 0 Å². The number of hydrogen-bond donors (Lipinski definition) is 0. The van der Waals surface area contributed by atoms with Gasteiger partial charge in [0.05, 0.1) is 0 Å². The number of rotatable bonds is 0. The van der Waals surface area contributed by atoms with Crippen LogP contribution in [-0.2, 0) is 27.9 Å². The predicted octanol–water partition coefficient (Wildman–Crippen LogP) is -0.478. The Morgan fingerprint density at radius 1 is 0.800 bits per heavy atom. The Morgan fingerprint density at radius 3 is 0.800 bits per heavy atom. The van der Waals surface area contributed by atoms with Gasteiger partial charge in [-0.2, -0.15) is 0 Å². The van der Waals surface area contributed by atoms with Crippen LogP contribution in [-0.4, -0.2) is 0 Å². The normalized spacial score (nSPS) is 11.2. The zero-order valence-corrected chi connectivity index (χ0v) is 3.09. The van der Waals surface area contributed by atoms with Crippen LogP contribution in [0.5, 0.6) is 0 Å². The van der Waals surface area contributed by atoms with Crippen LogP contribution in [0.1, 0.15) is 0 Å². The van der Waals surface area contributed by atoms with E-state index in [2.05, 4.69) is 0 Å². The van der Waals surface area contributed by atoms with Crippen LogP contribution in [0.4, 0.5) is 0 Å². The van der Waals surface area contributed by atoms with Gasteiger partial charge in [0, 0.05) is 0 Å². The van der Waals surface area contributed by atoms with Crippen molar-refractivity contribution in [3.05, 3.63) is 0 Å². The molecule has 32 valence electrons. The quantitative estimate of drug-likeness (QED) is 0.405. The van der Waals surface area contributed by atoms with Gasteiger partial charge in [-0.3, -0.25) is 0 Å². The van der Waals surface area contributed by atoms with Crippen molar-refractivity contribution in [2.24, 2.45) is 0 Å². The van der Waals surface area contributed by atoms with Crippen LogP contribution in [0.15, 0.2) is 0 Å². The second-order valence-electron chi connectivity index (χ2n) is 0.354. The van der Waals surface area contributed by atoms with Crippen molar-refractivity contribution in [3.8, 4) is 0 Å². The van der Waals surface area contributed by atoms with Gasteiger partial charge in [-0.1, -0.05) is 0 Å². The molecule has 0 bridgehead atoms. The predicted molar refractivity (Wildman–Crippen MR) is 2.75 cm³/mol. The van der Waals surface area contributed by atoms with Gasteiger partial charge in [-0.25, -0.2) is 0 Å². The van der Waals surface area contributed by atoms with Gasteiger partial charge in [0.2, 0.25) is 0 Å². The van der Waals surface area contributed by atoms with Crippen LogP contribution in [0.3, 0.4) is 0 Å². The molecule has 0 aromatic rings. The summed E-state index contributed by atoms with van der Waals surface area (Å²) in [5.41, 5.74) is 0. The van der Waals surface area contributed by atoms with Gasteiger partial charge in [-0.05, 0) is 0 Å². The summed E-state index contributed by atoms with van der Waals surface area (Å²) in [6.45, 7) is 0. The summed E-state index contributed by atoms with van der Waals surface area (Å²) in [5, 5.41) is 0. The van der Waals surface area contributed by atoms with E-state index in [-0.39, 0.29) is 0 Å². The van der Waals surface area contributed by atoms with Crippen molar-refractivity contribution in [2.45, 2.75) is 0 Å². The molecule has 0 spiro atoms. The third kappa shape index (κ3) is 140. The zero-order valence-electron chi connectivity index (χ0n) is 1.99. The molecule has 0 atom stereocenters. The van der Waals surface area contributed by atoms with Crippen molar-refractivity contribution in [2.75, 3.05) is 0 Å². The molecule has 0 amide bonds. The third-order valence-corrected chi connectivity index (χ3v) is 0. The molecule has 5 heteroatoms. The van der Waals surface area contributed by atoms with Crippen LogP contribution >= 0.6 is 0 Å². The summed E-state index contributed by atoms with van der Waals surface area (Å²) in [7, 11) is 0. The van der Waals surface area contributed by atoms with Gasteiger partial charge in [0.1, 0.15) is 0 Å². The first kappa shape index (κ1) is 4.72. The molecule has 0 aliphatic rings. The van der Waals surface area contributed by atoms with Gasteiger partial charge in [0.15, 0.2) is 0 Å². The van der Waals surface area contributed by atoms with Crippen molar-refractivity contribution >= 4 is 0 Å².